The zero-order valence-corrected chi connectivity index (χ0v) is 18.0. The third-order valence-electron chi connectivity index (χ3n) is 6.46. The number of hydrogen-bond donors (Lipinski definition) is 4. The van der Waals surface area contributed by atoms with Gasteiger partial charge in [0, 0.05) is 25.2 Å². The first kappa shape index (κ1) is 22.0. The second-order valence-corrected chi connectivity index (χ2v) is 8.52. The lowest BCUT2D eigenvalue weighted by atomic mass is 9.79. The topological polar surface area (TPSA) is 132 Å². The number of fused-ring (bicyclic) bond motifs is 1. The molecule has 5 N–H and O–H groups in total. The van der Waals surface area contributed by atoms with Crippen molar-refractivity contribution in [2.45, 2.75) is 56.7 Å². The Balaban J connectivity index is 1.40. The molecule has 2 aromatic rings. The van der Waals surface area contributed by atoms with Gasteiger partial charge in [-0.15, -0.1) is 0 Å². The minimum absolute atomic E-state index is 0.111. The van der Waals surface area contributed by atoms with E-state index in [1.807, 2.05) is 18.2 Å². The number of aliphatic hydroxyl groups is 1. The number of amidine groups is 1. The number of likely N-dealkylation sites (tertiary alicyclic amines) is 1. The molecule has 4 rings (SSSR count). The van der Waals surface area contributed by atoms with Gasteiger partial charge in [0.25, 0.3) is 5.91 Å². The zero-order chi connectivity index (χ0) is 22.7. The molecular weight excluding hydrogens is 406 g/mol. The van der Waals surface area contributed by atoms with E-state index in [0.29, 0.717) is 18.7 Å². The molecule has 2 heterocycles. The highest BCUT2D eigenvalue weighted by molar-refractivity contribution is 5.93. The second-order valence-electron chi connectivity index (χ2n) is 8.52. The lowest BCUT2D eigenvalue weighted by molar-refractivity contribution is -0.146. The number of nitrogens with one attached hydrogen (secondary N) is 2. The number of amides is 2. The minimum Gasteiger partial charge on any atom is -0.383 e. The summed E-state index contributed by atoms with van der Waals surface area (Å²) in [4.78, 5) is 31.7. The highest BCUT2D eigenvalue weighted by Crippen LogP contribution is 2.35. The summed E-state index contributed by atoms with van der Waals surface area (Å²) in [5.41, 5.74) is 8.80. The van der Waals surface area contributed by atoms with Crippen LogP contribution in [-0.4, -0.2) is 51.3 Å². The van der Waals surface area contributed by atoms with Crippen molar-refractivity contribution < 1.29 is 14.7 Å². The van der Waals surface area contributed by atoms with Crippen molar-refractivity contribution in [3.63, 3.8) is 0 Å². The van der Waals surface area contributed by atoms with Gasteiger partial charge >= 0.3 is 0 Å². The van der Waals surface area contributed by atoms with Gasteiger partial charge in [-0.1, -0.05) is 30.3 Å². The third kappa shape index (κ3) is 4.50. The predicted molar refractivity (Wildman–Crippen MR) is 120 cm³/mol. The van der Waals surface area contributed by atoms with Gasteiger partial charge in [-0.25, -0.2) is 0 Å². The van der Waals surface area contributed by atoms with Crippen LogP contribution >= 0.6 is 0 Å². The number of hydrogen-bond acceptors (Lipinski definition) is 5. The SMILES string of the molecule is N=C(N)c1ccc(CNC(=O)[C@@H]2CCCN2C(=O)C(O)C2CCCc3ccccc32)cn1. The predicted octanol–water partition coefficient (Wildman–Crippen LogP) is 1.45. The Kier molecular flexibility index (Phi) is 6.50. The van der Waals surface area contributed by atoms with Crippen LogP contribution < -0.4 is 11.1 Å². The van der Waals surface area contributed by atoms with E-state index < -0.39 is 12.1 Å². The quantitative estimate of drug-likeness (QED) is 0.403. The Morgan fingerprint density at radius 1 is 1.22 bits per heavy atom. The lowest BCUT2D eigenvalue weighted by Gasteiger charge is -2.32. The Bertz CT molecular complexity index is 1010. The number of aryl methyl sites for hydroxylation is 1. The van der Waals surface area contributed by atoms with Crippen LogP contribution in [0.1, 0.15) is 54.0 Å². The van der Waals surface area contributed by atoms with Gasteiger partial charge in [0.1, 0.15) is 23.7 Å². The summed E-state index contributed by atoms with van der Waals surface area (Å²) < 4.78 is 0. The van der Waals surface area contributed by atoms with E-state index in [-0.39, 0.29) is 30.1 Å². The van der Waals surface area contributed by atoms with Crippen molar-refractivity contribution in [1.82, 2.24) is 15.2 Å². The molecule has 168 valence electrons. The van der Waals surface area contributed by atoms with Gasteiger partial charge in [0.2, 0.25) is 5.91 Å². The molecule has 0 spiro atoms. The number of pyridine rings is 1. The van der Waals surface area contributed by atoms with Crippen LogP contribution in [0.5, 0.6) is 0 Å². The van der Waals surface area contributed by atoms with Crippen molar-refractivity contribution in [2.24, 2.45) is 5.73 Å². The standard InChI is InChI=1S/C24H29N5O3/c25-22(26)19-11-10-15(13-27-19)14-28-23(31)20-9-4-12-29(20)24(32)21(30)18-8-3-6-16-5-1-2-7-17(16)18/h1-2,5,7,10-11,13,18,20-21,30H,3-4,6,8-9,12,14H2,(H3,25,26)(H,28,31)/t18?,20-,21?/m0/s1. The Morgan fingerprint density at radius 3 is 2.78 bits per heavy atom. The summed E-state index contributed by atoms with van der Waals surface area (Å²) >= 11 is 0. The largest absolute Gasteiger partial charge is 0.383 e. The van der Waals surface area contributed by atoms with Crippen LogP contribution in [0, 0.1) is 5.41 Å². The fourth-order valence-electron chi connectivity index (χ4n) is 4.76. The maximum atomic E-state index is 13.2. The smallest absolute Gasteiger partial charge is 0.252 e. The summed E-state index contributed by atoms with van der Waals surface area (Å²) in [6.45, 7) is 0.734. The molecule has 2 aliphatic rings. The second kappa shape index (κ2) is 9.48. The number of aromatic nitrogens is 1. The van der Waals surface area contributed by atoms with Gasteiger partial charge in [-0.05, 0) is 54.9 Å². The Hall–Kier alpha value is -3.26. The van der Waals surface area contributed by atoms with Crippen molar-refractivity contribution >= 4 is 17.6 Å². The van der Waals surface area contributed by atoms with E-state index in [2.05, 4.69) is 16.4 Å². The van der Waals surface area contributed by atoms with Crippen molar-refractivity contribution in [3.8, 4) is 0 Å². The highest BCUT2D eigenvalue weighted by Gasteiger charge is 2.40. The molecule has 0 saturated carbocycles. The molecule has 1 aliphatic heterocycles. The Labute approximate surface area is 187 Å². The van der Waals surface area contributed by atoms with Gasteiger partial charge in [0.05, 0.1) is 0 Å². The average Bonchev–Trinajstić information content (AvgIpc) is 3.31. The number of aliphatic hydroxyl groups excluding tert-OH is 1. The Morgan fingerprint density at radius 2 is 2.03 bits per heavy atom. The van der Waals surface area contributed by atoms with E-state index >= 15 is 0 Å². The van der Waals surface area contributed by atoms with Crippen molar-refractivity contribution in [2.75, 3.05) is 6.54 Å². The molecule has 32 heavy (non-hydrogen) atoms. The molecule has 1 saturated heterocycles. The molecule has 1 fully saturated rings. The number of nitrogen functional groups attached to an aromatic ring is 1. The summed E-state index contributed by atoms with van der Waals surface area (Å²) in [7, 11) is 0. The fourth-order valence-corrected chi connectivity index (χ4v) is 4.76. The number of benzene rings is 1. The molecule has 1 aromatic heterocycles. The molecule has 8 nitrogen and oxygen atoms in total. The molecule has 8 heteroatoms. The molecule has 3 atom stereocenters. The molecular formula is C24H29N5O3. The summed E-state index contributed by atoms with van der Waals surface area (Å²) in [5.74, 6) is -0.943. The first-order valence-corrected chi connectivity index (χ1v) is 11.1. The van der Waals surface area contributed by atoms with Crippen molar-refractivity contribution in [1.29, 1.82) is 5.41 Å². The fraction of sp³-hybridized carbons (Fsp3) is 0.417. The number of carbonyl (C=O) groups is 2. The third-order valence-corrected chi connectivity index (χ3v) is 6.46. The van der Waals surface area contributed by atoms with E-state index in [4.69, 9.17) is 11.1 Å². The molecule has 0 radical (unpaired) electrons. The van der Waals surface area contributed by atoms with Crippen molar-refractivity contribution in [3.05, 3.63) is 65.0 Å². The summed E-state index contributed by atoms with van der Waals surface area (Å²) in [6, 6.07) is 10.8. The van der Waals surface area contributed by atoms with Crippen LogP contribution in [0.4, 0.5) is 0 Å². The van der Waals surface area contributed by atoms with Crippen LogP contribution in [0.3, 0.4) is 0 Å². The number of carbonyl (C=O) groups excluding carboxylic acids is 2. The number of rotatable bonds is 6. The maximum absolute atomic E-state index is 13.2. The lowest BCUT2D eigenvalue weighted by Crippen LogP contribution is -2.50. The monoisotopic (exact) mass is 435 g/mol. The summed E-state index contributed by atoms with van der Waals surface area (Å²) in [5, 5.41) is 21.2. The van der Waals surface area contributed by atoms with E-state index in [1.54, 1.807) is 18.3 Å². The zero-order valence-electron chi connectivity index (χ0n) is 18.0. The average molecular weight is 436 g/mol. The van der Waals surface area contributed by atoms with E-state index in [0.717, 1.165) is 36.8 Å². The van der Waals surface area contributed by atoms with Crippen LogP contribution in [0.2, 0.25) is 0 Å². The number of nitrogens with two attached hydrogens (primary N) is 1. The normalized spacial score (nSPS) is 21.0. The van der Waals surface area contributed by atoms with Crippen LogP contribution in [0.25, 0.3) is 0 Å². The molecule has 2 unspecified atom stereocenters. The highest BCUT2D eigenvalue weighted by atomic mass is 16.3. The van der Waals surface area contributed by atoms with Gasteiger partial charge in [0.15, 0.2) is 0 Å². The van der Waals surface area contributed by atoms with Crippen LogP contribution in [-0.2, 0) is 22.6 Å². The molecule has 2 amide bonds. The van der Waals surface area contributed by atoms with Gasteiger partial charge < -0.3 is 21.1 Å². The van der Waals surface area contributed by atoms with Crippen LogP contribution in [0.15, 0.2) is 42.6 Å². The summed E-state index contributed by atoms with van der Waals surface area (Å²) in [6.07, 6.45) is 4.39. The first-order valence-electron chi connectivity index (χ1n) is 11.1. The first-order chi connectivity index (χ1) is 15.5. The van der Waals surface area contributed by atoms with Gasteiger partial charge in [-0.3, -0.25) is 20.0 Å². The number of nitrogens with zero attached hydrogens (tertiary/aromatic N) is 2. The molecule has 1 aliphatic carbocycles. The van der Waals surface area contributed by atoms with E-state index in [1.165, 1.54) is 10.5 Å². The molecule has 0 bridgehead atoms. The molecule has 1 aromatic carbocycles. The van der Waals surface area contributed by atoms with E-state index in [9.17, 15) is 14.7 Å². The van der Waals surface area contributed by atoms with Gasteiger partial charge in [-0.2, -0.15) is 0 Å². The maximum Gasteiger partial charge on any atom is 0.252 e. The minimum atomic E-state index is -1.15.